The number of rotatable bonds is 2. The van der Waals surface area contributed by atoms with Crippen molar-refractivity contribution in [1.82, 2.24) is 0 Å². The van der Waals surface area contributed by atoms with Gasteiger partial charge >= 0.3 is 0 Å². The molecule has 1 N–H and O–H groups in total. The largest absolute Gasteiger partial charge is 0.468 e. The molecule has 1 aromatic rings. The number of furan rings is 1. The molecule has 0 fully saturated rings. The number of alkyl halides is 1. The molecule has 0 saturated carbocycles. The molecule has 1 heterocycles. The SMILES string of the molecule is OCC(Cl)c1ccco1. The van der Waals surface area contributed by atoms with Gasteiger partial charge in [-0.25, -0.2) is 0 Å². The molecule has 2 nitrogen and oxygen atoms in total. The Kier molecular flexibility index (Phi) is 2.14. The number of halogens is 1. The van der Waals surface area contributed by atoms with Gasteiger partial charge in [0, 0.05) is 0 Å². The third kappa shape index (κ3) is 1.47. The maximum atomic E-state index is 8.51. The predicted octanol–water partition coefficient (Wildman–Crippen LogP) is 1.55. The Balaban J connectivity index is 2.65. The van der Waals surface area contributed by atoms with Crippen LogP contribution in [0.3, 0.4) is 0 Å². The van der Waals surface area contributed by atoms with Gasteiger partial charge < -0.3 is 9.52 Å². The normalized spacial score (nSPS) is 13.6. The zero-order valence-electron chi connectivity index (χ0n) is 4.75. The van der Waals surface area contributed by atoms with Gasteiger partial charge in [0.25, 0.3) is 0 Å². The summed E-state index contributed by atoms with van der Waals surface area (Å²) < 4.78 is 4.89. The third-order valence-corrected chi connectivity index (χ3v) is 1.37. The van der Waals surface area contributed by atoms with Crippen LogP contribution in [-0.4, -0.2) is 11.7 Å². The third-order valence-electron chi connectivity index (χ3n) is 1.01. The second kappa shape index (κ2) is 2.90. The molecule has 3 heteroatoms. The van der Waals surface area contributed by atoms with E-state index in [1.165, 1.54) is 6.26 Å². The van der Waals surface area contributed by atoms with Crippen LogP contribution in [0.15, 0.2) is 22.8 Å². The molecule has 0 amide bonds. The minimum Gasteiger partial charge on any atom is -0.468 e. The van der Waals surface area contributed by atoms with Crippen LogP contribution in [0.4, 0.5) is 0 Å². The molecule has 0 radical (unpaired) electrons. The van der Waals surface area contributed by atoms with Crippen LogP contribution in [-0.2, 0) is 0 Å². The molecule has 0 aliphatic rings. The van der Waals surface area contributed by atoms with Crippen LogP contribution in [0.1, 0.15) is 11.1 Å². The van der Waals surface area contributed by atoms with E-state index in [1.54, 1.807) is 12.1 Å². The summed E-state index contributed by atoms with van der Waals surface area (Å²) in [6.45, 7) is -0.0882. The minimum absolute atomic E-state index is 0.0882. The molecule has 0 aromatic carbocycles. The Labute approximate surface area is 58.1 Å². The summed E-state index contributed by atoms with van der Waals surface area (Å²) in [5.41, 5.74) is 0. The summed E-state index contributed by atoms with van der Waals surface area (Å²) in [6.07, 6.45) is 1.53. The molecule has 1 aromatic heterocycles. The van der Waals surface area contributed by atoms with Crippen LogP contribution < -0.4 is 0 Å². The number of hydrogen-bond acceptors (Lipinski definition) is 2. The van der Waals surface area contributed by atoms with Crippen molar-refractivity contribution in [3.63, 3.8) is 0 Å². The summed E-state index contributed by atoms with van der Waals surface area (Å²) in [5.74, 6) is 0.610. The highest BCUT2D eigenvalue weighted by Crippen LogP contribution is 2.18. The van der Waals surface area contributed by atoms with Crippen molar-refractivity contribution in [2.75, 3.05) is 6.61 Å². The van der Waals surface area contributed by atoms with E-state index in [1.807, 2.05) is 0 Å². The lowest BCUT2D eigenvalue weighted by Gasteiger charge is -1.97. The van der Waals surface area contributed by atoms with Crippen LogP contribution in [0, 0.1) is 0 Å². The molecule has 1 unspecified atom stereocenters. The van der Waals surface area contributed by atoms with Crippen LogP contribution >= 0.6 is 11.6 Å². The highest BCUT2D eigenvalue weighted by molar-refractivity contribution is 6.20. The van der Waals surface area contributed by atoms with Crippen LogP contribution in [0.25, 0.3) is 0 Å². The molecule has 50 valence electrons. The van der Waals surface area contributed by atoms with Gasteiger partial charge in [-0.1, -0.05) is 0 Å². The van der Waals surface area contributed by atoms with Crippen molar-refractivity contribution in [2.24, 2.45) is 0 Å². The van der Waals surface area contributed by atoms with Crippen molar-refractivity contribution in [3.8, 4) is 0 Å². The van der Waals surface area contributed by atoms with Crippen molar-refractivity contribution in [1.29, 1.82) is 0 Å². The van der Waals surface area contributed by atoms with E-state index in [-0.39, 0.29) is 6.61 Å². The fourth-order valence-electron chi connectivity index (χ4n) is 0.559. The average molecular weight is 147 g/mol. The van der Waals surface area contributed by atoms with Gasteiger partial charge in [0.2, 0.25) is 0 Å². The second-order valence-corrected chi connectivity index (χ2v) is 2.19. The highest BCUT2D eigenvalue weighted by atomic mass is 35.5. The molecular weight excluding hydrogens is 140 g/mol. The monoisotopic (exact) mass is 146 g/mol. The first-order valence-electron chi connectivity index (χ1n) is 2.63. The van der Waals surface area contributed by atoms with Crippen LogP contribution in [0.2, 0.25) is 0 Å². The molecular formula is C6H7ClO2. The van der Waals surface area contributed by atoms with E-state index >= 15 is 0 Å². The lowest BCUT2D eigenvalue weighted by atomic mass is 10.3. The molecule has 0 aliphatic heterocycles. The van der Waals surface area contributed by atoms with Gasteiger partial charge in [0.15, 0.2) is 0 Å². The predicted molar refractivity (Wildman–Crippen MR) is 34.4 cm³/mol. The first-order valence-corrected chi connectivity index (χ1v) is 3.06. The zero-order valence-corrected chi connectivity index (χ0v) is 5.51. The average Bonchev–Trinajstić information content (AvgIpc) is 2.37. The Morgan fingerprint density at radius 2 is 2.56 bits per heavy atom. The number of aliphatic hydroxyl groups excluding tert-OH is 1. The molecule has 1 atom stereocenters. The van der Waals surface area contributed by atoms with Crippen molar-refractivity contribution >= 4 is 11.6 Å². The summed E-state index contributed by atoms with van der Waals surface area (Å²) in [6, 6.07) is 3.47. The summed E-state index contributed by atoms with van der Waals surface area (Å²) in [7, 11) is 0. The molecule has 1 rings (SSSR count). The van der Waals surface area contributed by atoms with Crippen molar-refractivity contribution in [3.05, 3.63) is 24.2 Å². The fourth-order valence-corrected chi connectivity index (χ4v) is 0.684. The van der Waals surface area contributed by atoms with Gasteiger partial charge in [0.1, 0.15) is 11.1 Å². The number of aliphatic hydroxyl groups is 1. The Hall–Kier alpha value is -0.470. The molecule has 0 saturated heterocycles. The van der Waals surface area contributed by atoms with E-state index in [0.29, 0.717) is 5.76 Å². The minimum atomic E-state index is -0.403. The lowest BCUT2D eigenvalue weighted by Crippen LogP contribution is -1.92. The smallest absolute Gasteiger partial charge is 0.123 e. The molecule has 0 spiro atoms. The molecule has 0 bridgehead atoms. The summed E-state index contributed by atoms with van der Waals surface area (Å²) >= 11 is 5.59. The lowest BCUT2D eigenvalue weighted by molar-refractivity contribution is 0.281. The first kappa shape index (κ1) is 6.65. The fraction of sp³-hybridized carbons (Fsp3) is 0.333. The quantitative estimate of drug-likeness (QED) is 0.643. The van der Waals surface area contributed by atoms with Gasteiger partial charge in [-0.05, 0) is 12.1 Å². The Morgan fingerprint density at radius 1 is 1.78 bits per heavy atom. The van der Waals surface area contributed by atoms with Crippen molar-refractivity contribution < 1.29 is 9.52 Å². The maximum absolute atomic E-state index is 8.51. The molecule has 0 aliphatic carbocycles. The van der Waals surface area contributed by atoms with Gasteiger partial charge in [-0.2, -0.15) is 0 Å². The van der Waals surface area contributed by atoms with Gasteiger partial charge in [-0.15, -0.1) is 11.6 Å². The summed E-state index contributed by atoms with van der Waals surface area (Å²) in [5, 5.41) is 8.11. The summed E-state index contributed by atoms with van der Waals surface area (Å²) in [4.78, 5) is 0. The van der Waals surface area contributed by atoms with Gasteiger partial charge in [-0.3, -0.25) is 0 Å². The Bertz CT molecular complexity index is 160. The first-order chi connectivity index (χ1) is 4.34. The maximum Gasteiger partial charge on any atom is 0.123 e. The number of hydrogen-bond donors (Lipinski definition) is 1. The molecule has 9 heavy (non-hydrogen) atoms. The van der Waals surface area contributed by atoms with Crippen molar-refractivity contribution in [2.45, 2.75) is 5.38 Å². The second-order valence-electron chi connectivity index (χ2n) is 1.67. The van der Waals surface area contributed by atoms with Crippen LogP contribution in [0.5, 0.6) is 0 Å². The van der Waals surface area contributed by atoms with E-state index < -0.39 is 5.38 Å². The van der Waals surface area contributed by atoms with E-state index in [2.05, 4.69) is 0 Å². The van der Waals surface area contributed by atoms with E-state index in [4.69, 9.17) is 21.1 Å². The van der Waals surface area contributed by atoms with E-state index in [0.717, 1.165) is 0 Å². The van der Waals surface area contributed by atoms with Gasteiger partial charge in [0.05, 0.1) is 12.9 Å². The Morgan fingerprint density at radius 3 is 3.00 bits per heavy atom. The van der Waals surface area contributed by atoms with E-state index in [9.17, 15) is 0 Å². The standard InChI is InChI=1S/C6H7ClO2/c7-5(4-8)6-2-1-3-9-6/h1-3,5,8H,4H2. The topological polar surface area (TPSA) is 33.4 Å². The highest BCUT2D eigenvalue weighted by Gasteiger charge is 2.07. The zero-order chi connectivity index (χ0) is 6.69.